The first kappa shape index (κ1) is 22.3. The van der Waals surface area contributed by atoms with E-state index in [1.54, 1.807) is 0 Å². The highest BCUT2D eigenvalue weighted by Gasteiger charge is 2.30. The molecule has 7 heteroatoms. The third-order valence-electron chi connectivity index (χ3n) is 7.34. The van der Waals surface area contributed by atoms with Crippen LogP contribution in [0.25, 0.3) is 5.65 Å². The Kier molecular flexibility index (Phi) is 6.36. The summed E-state index contributed by atoms with van der Waals surface area (Å²) in [6.07, 6.45) is 5.31. The summed E-state index contributed by atoms with van der Waals surface area (Å²) in [7, 11) is 2.17. The molecule has 0 radical (unpaired) electrons. The molecule has 176 valence electrons. The van der Waals surface area contributed by atoms with Crippen LogP contribution in [-0.4, -0.2) is 68.5 Å². The van der Waals surface area contributed by atoms with E-state index in [-0.39, 0.29) is 12.6 Å². The zero-order chi connectivity index (χ0) is 22.9. The van der Waals surface area contributed by atoms with Crippen molar-refractivity contribution in [1.82, 2.24) is 24.2 Å². The minimum atomic E-state index is -0.0211. The SMILES string of the molecule is CC(C)N(Cc1nc2cccc(N3CCN(C)CC3)n2c1CO)[C@H]1CCCc2cccnc21. The molecule has 4 heterocycles. The van der Waals surface area contributed by atoms with Gasteiger partial charge in [0.2, 0.25) is 0 Å². The molecule has 0 aromatic carbocycles. The van der Waals surface area contributed by atoms with Crippen LogP contribution in [0, 0.1) is 0 Å². The molecule has 0 unspecified atom stereocenters. The van der Waals surface area contributed by atoms with Gasteiger partial charge in [0.25, 0.3) is 0 Å². The molecule has 1 fully saturated rings. The van der Waals surface area contributed by atoms with E-state index in [1.165, 1.54) is 17.7 Å². The van der Waals surface area contributed by atoms with Gasteiger partial charge in [-0.25, -0.2) is 4.98 Å². The Morgan fingerprint density at radius 2 is 1.94 bits per heavy atom. The van der Waals surface area contributed by atoms with Crippen molar-refractivity contribution in [3.8, 4) is 0 Å². The summed E-state index contributed by atoms with van der Waals surface area (Å²) >= 11 is 0. The van der Waals surface area contributed by atoms with Crippen LogP contribution in [0.1, 0.15) is 55.4 Å². The molecule has 5 rings (SSSR count). The Morgan fingerprint density at radius 1 is 1.12 bits per heavy atom. The Labute approximate surface area is 196 Å². The normalized spacial score (nSPS) is 19.6. The fourth-order valence-electron chi connectivity index (χ4n) is 5.49. The number of anilines is 1. The fourth-order valence-corrected chi connectivity index (χ4v) is 5.49. The lowest BCUT2D eigenvalue weighted by molar-refractivity contribution is 0.123. The van der Waals surface area contributed by atoms with E-state index in [2.05, 4.69) is 64.3 Å². The lowest BCUT2D eigenvalue weighted by Crippen LogP contribution is -2.45. The molecule has 0 spiro atoms. The maximum Gasteiger partial charge on any atom is 0.138 e. The number of aliphatic hydroxyl groups excluding tert-OH is 1. The van der Waals surface area contributed by atoms with E-state index in [9.17, 15) is 5.11 Å². The summed E-state index contributed by atoms with van der Waals surface area (Å²) in [6, 6.07) is 11.2. The molecule has 2 aliphatic rings. The van der Waals surface area contributed by atoms with Crippen LogP contribution in [0.5, 0.6) is 0 Å². The van der Waals surface area contributed by atoms with E-state index in [4.69, 9.17) is 9.97 Å². The molecule has 3 aromatic rings. The van der Waals surface area contributed by atoms with Gasteiger partial charge in [0, 0.05) is 45.0 Å². The third kappa shape index (κ3) is 4.25. The van der Waals surface area contributed by atoms with Gasteiger partial charge < -0.3 is 14.9 Å². The molecule has 1 aliphatic carbocycles. The van der Waals surface area contributed by atoms with Crippen molar-refractivity contribution in [3.05, 3.63) is 59.2 Å². The molecular formula is C26H36N6O. The molecule has 0 saturated carbocycles. The van der Waals surface area contributed by atoms with Crippen molar-refractivity contribution in [1.29, 1.82) is 0 Å². The number of pyridine rings is 2. The second-order valence-electron chi connectivity index (χ2n) is 9.75. The number of nitrogens with zero attached hydrogens (tertiary/aromatic N) is 6. The molecule has 0 amide bonds. The molecule has 7 nitrogen and oxygen atoms in total. The zero-order valence-electron chi connectivity index (χ0n) is 20.1. The van der Waals surface area contributed by atoms with Crippen molar-refractivity contribution in [3.63, 3.8) is 0 Å². The molecule has 0 bridgehead atoms. The molecule has 1 aliphatic heterocycles. The summed E-state index contributed by atoms with van der Waals surface area (Å²) in [5, 5.41) is 10.5. The van der Waals surface area contributed by atoms with E-state index >= 15 is 0 Å². The molecular weight excluding hydrogens is 412 g/mol. The number of likely N-dealkylation sites (N-methyl/N-ethyl adjacent to an activating group) is 1. The number of fused-ring (bicyclic) bond motifs is 2. The summed E-state index contributed by atoms with van der Waals surface area (Å²) in [6.45, 7) is 9.24. The highest BCUT2D eigenvalue weighted by atomic mass is 16.3. The van der Waals surface area contributed by atoms with Crippen LogP contribution in [0.2, 0.25) is 0 Å². The van der Waals surface area contributed by atoms with Gasteiger partial charge in [-0.3, -0.25) is 14.3 Å². The Hall–Kier alpha value is -2.48. The van der Waals surface area contributed by atoms with Crippen molar-refractivity contribution in [2.45, 2.75) is 58.3 Å². The lowest BCUT2D eigenvalue weighted by Gasteiger charge is -2.37. The van der Waals surface area contributed by atoms with Gasteiger partial charge in [-0.15, -0.1) is 0 Å². The number of aromatic nitrogens is 3. The maximum atomic E-state index is 10.5. The summed E-state index contributed by atoms with van der Waals surface area (Å²) in [5.74, 6) is 1.13. The summed E-state index contributed by atoms with van der Waals surface area (Å²) in [5.41, 5.74) is 5.37. The predicted molar refractivity (Wildman–Crippen MR) is 131 cm³/mol. The zero-order valence-corrected chi connectivity index (χ0v) is 20.1. The summed E-state index contributed by atoms with van der Waals surface area (Å²) in [4.78, 5) is 17.1. The largest absolute Gasteiger partial charge is 0.390 e. The van der Waals surface area contributed by atoms with E-state index < -0.39 is 0 Å². The fraction of sp³-hybridized carbons (Fsp3) is 0.538. The first-order valence-corrected chi connectivity index (χ1v) is 12.3. The van der Waals surface area contributed by atoms with Gasteiger partial charge in [-0.2, -0.15) is 0 Å². The van der Waals surface area contributed by atoms with E-state index in [1.807, 2.05) is 12.3 Å². The number of aryl methyl sites for hydroxylation is 1. The Morgan fingerprint density at radius 3 is 2.70 bits per heavy atom. The number of aliphatic hydroxyl groups is 1. The first-order chi connectivity index (χ1) is 16.1. The average Bonchev–Trinajstić information content (AvgIpc) is 3.20. The van der Waals surface area contributed by atoms with E-state index in [0.29, 0.717) is 12.6 Å². The second kappa shape index (κ2) is 9.41. The number of hydrogen-bond donors (Lipinski definition) is 1. The summed E-state index contributed by atoms with van der Waals surface area (Å²) < 4.78 is 2.17. The first-order valence-electron chi connectivity index (χ1n) is 12.3. The van der Waals surface area contributed by atoms with Crippen molar-refractivity contribution in [2.24, 2.45) is 0 Å². The molecule has 1 atom stereocenters. The molecule has 3 aromatic heterocycles. The molecule has 1 saturated heterocycles. The molecule has 33 heavy (non-hydrogen) atoms. The van der Waals surface area contributed by atoms with Crippen LogP contribution in [0.4, 0.5) is 5.82 Å². The predicted octanol–water partition coefficient (Wildman–Crippen LogP) is 3.26. The van der Waals surface area contributed by atoms with Crippen LogP contribution < -0.4 is 4.90 Å². The van der Waals surface area contributed by atoms with E-state index in [0.717, 1.165) is 61.9 Å². The van der Waals surface area contributed by atoms with Crippen molar-refractivity contribution >= 4 is 11.5 Å². The van der Waals surface area contributed by atoms with Crippen LogP contribution in [0.15, 0.2) is 36.5 Å². The smallest absolute Gasteiger partial charge is 0.138 e. The highest BCUT2D eigenvalue weighted by Crippen LogP contribution is 2.35. The highest BCUT2D eigenvalue weighted by molar-refractivity contribution is 5.55. The quantitative estimate of drug-likeness (QED) is 0.625. The van der Waals surface area contributed by atoms with Gasteiger partial charge in [0.1, 0.15) is 11.5 Å². The minimum absolute atomic E-state index is 0.0211. The Balaban J connectivity index is 1.51. The number of hydrogen-bond acceptors (Lipinski definition) is 6. The van der Waals surface area contributed by atoms with Gasteiger partial charge in [-0.1, -0.05) is 12.1 Å². The average molecular weight is 449 g/mol. The monoisotopic (exact) mass is 448 g/mol. The van der Waals surface area contributed by atoms with Gasteiger partial charge in [0.05, 0.1) is 29.7 Å². The molecule has 1 N–H and O–H groups in total. The standard InChI is InChI=1S/C26H36N6O/c1-19(2)31(22-9-4-7-20-8-6-12-27-26(20)22)17-21-23(18-33)32-24(28-21)10-5-11-25(32)30-15-13-29(3)14-16-30/h5-6,8,10-12,19,22,33H,4,7,9,13-18H2,1-3H3/t22-/m0/s1. The minimum Gasteiger partial charge on any atom is -0.390 e. The Bertz CT molecular complexity index is 1100. The van der Waals surface area contributed by atoms with Gasteiger partial charge in [-0.05, 0) is 63.9 Å². The van der Waals surface area contributed by atoms with Gasteiger partial charge >= 0.3 is 0 Å². The third-order valence-corrected chi connectivity index (χ3v) is 7.34. The lowest BCUT2D eigenvalue weighted by atomic mass is 9.90. The van der Waals surface area contributed by atoms with Crippen LogP contribution in [-0.2, 0) is 19.6 Å². The van der Waals surface area contributed by atoms with Gasteiger partial charge in [0.15, 0.2) is 0 Å². The second-order valence-corrected chi connectivity index (χ2v) is 9.75. The number of piperazine rings is 1. The van der Waals surface area contributed by atoms with Crippen LogP contribution >= 0.6 is 0 Å². The number of rotatable bonds is 6. The van der Waals surface area contributed by atoms with Crippen LogP contribution in [0.3, 0.4) is 0 Å². The van der Waals surface area contributed by atoms with Crippen molar-refractivity contribution < 1.29 is 5.11 Å². The van der Waals surface area contributed by atoms with Crippen molar-refractivity contribution in [2.75, 3.05) is 38.1 Å². The maximum absolute atomic E-state index is 10.5. The number of imidazole rings is 1. The topological polar surface area (TPSA) is 60.1 Å².